The number of rotatable bonds is 10. The Kier molecular flexibility index (Phi) is 10.0. The molecule has 2 aromatic carbocycles. The zero-order chi connectivity index (χ0) is 19.8. The van der Waals surface area contributed by atoms with Gasteiger partial charge in [0.2, 0.25) is 5.16 Å². The van der Waals surface area contributed by atoms with Crippen molar-refractivity contribution in [1.82, 2.24) is 25.5 Å². The van der Waals surface area contributed by atoms with Gasteiger partial charge in [-0.1, -0.05) is 53.2 Å². The predicted molar refractivity (Wildman–Crippen MR) is 120 cm³/mol. The van der Waals surface area contributed by atoms with Crippen LogP contribution >= 0.6 is 47.4 Å². The number of thioether (sulfide) groups is 1. The molecule has 0 radical (unpaired) electrons. The van der Waals surface area contributed by atoms with Gasteiger partial charge in [-0.05, 0) is 53.2 Å². The van der Waals surface area contributed by atoms with Crippen molar-refractivity contribution >= 4 is 47.4 Å². The molecule has 3 aromatic rings. The molecular weight excluding hydrogens is 453 g/mol. The summed E-state index contributed by atoms with van der Waals surface area (Å²) in [5.41, 5.74) is 2.12. The van der Waals surface area contributed by atoms with Gasteiger partial charge >= 0.3 is 0 Å². The number of tetrazole rings is 1. The molecule has 0 fully saturated rings. The average Bonchev–Trinajstić information content (AvgIpc) is 3.10. The lowest BCUT2D eigenvalue weighted by atomic mass is 10.2. The molecule has 1 heterocycles. The summed E-state index contributed by atoms with van der Waals surface area (Å²) in [6.45, 7) is 2.16. The van der Waals surface area contributed by atoms with Gasteiger partial charge < -0.3 is 10.1 Å². The minimum absolute atomic E-state index is 0. The average molecular weight is 475 g/mol. The van der Waals surface area contributed by atoms with Gasteiger partial charge in [-0.2, -0.15) is 0 Å². The largest absolute Gasteiger partial charge is 0.489 e. The van der Waals surface area contributed by atoms with E-state index in [2.05, 4.69) is 33.0 Å². The highest BCUT2D eigenvalue weighted by molar-refractivity contribution is 7.99. The second-order valence-electron chi connectivity index (χ2n) is 6.13. The molecule has 0 bridgehead atoms. The van der Waals surface area contributed by atoms with Gasteiger partial charge in [0, 0.05) is 35.0 Å². The van der Waals surface area contributed by atoms with Crippen LogP contribution in [0, 0.1) is 0 Å². The highest BCUT2D eigenvalue weighted by Gasteiger charge is 2.04. The quantitative estimate of drug-likeness (QED) is 0.337. The van der Waals surface area contributed by atoms with Gasteiger partial charge in [-0.15, -0.1) is 17.5 Å². The van der Waals surface area contributed by atoms with Crippen molar-refractivity contribution in [3.8, 4) is 5.75 Å². The summed E-state index contributed by atoms with van der Waals surface area (Å²) in [7, 11) is 1.85. The molecule has 0 unspecified atom stereocenters. The van der Waals surface area contributed by atoms with E-state index in [0.717, 1.165) is 41.7 Å². The number of benzene rings is 2. The fourth-order valence-corrected chi connectivity index (χ4v) is 3.69. The molecular formula is C19H22Cl3N5OS. The number of aromatic nitrogens is 4. The maximum absolute atomic E-state index is 6.17. The van der Waals surface area contributed by atoms with Crippen LogP contribution in [-0.2, 0) is 20.2 Å². The molecule has 156 valence electrons. The van der Waals surface area contributed by atoms with Gasteiger partial charge in [0.15, 0.2) is 0 Å². The highest BCUT2D eigenvalue weighted by Crippen LogP contribution is 2.23. The first kappa shape index (κ1) is 23.8. The first-order chi connectivity index (χ1) is 13.6. The number of hydrogen-bond acceptors (Lipinski definition) is 6. The molecule has 0 aliphatic carbocycles. The van der Waals surface area contributed by atoms with Crippen LogP contribution in [-0.4, -0.2) is 32.5 Å². The fourth-order valence-electron chi connectivity index (χ4n) is 2.44. The minimum Gasteiger partial charge on any atom is -0.489 e. The lowest BCUT2D eigenvalue weighted by Crippen LogP contribution is -2.15. The molecule has 0 spiro atoms. The molecule has 1 N–H and O–H groups in total. The number of nitrogens with one attached hydrogen (secondary N) is 1. The molecule has 0 saturated carbocycles. The number of nitrogens with zero attached hydrogens (tertiary/aromatic N) is 4. The first-order valence-electron chi connectivity index (χ1n) is 8.83. The van der Waals surface area contributed by atoms with Crippen LogP contribution in [0.4, 0.5) is 0 Å². The number of aryl methyl sites for hydroxylation is 1. The van der Waals surface area contributed by atoms with Crippen LogP contribution in [0.1, 0.15) is 17.5 Å². The Hall–Kier alpha value is -1.51. The van der Waals surface area contributed by atoms with E-state index in [4.69, 9.17) is 27.9 Å². The third kappa shape index (κ3) is 7.68. The zero-order valence-electron chi connectivity index (χ0n) is 15.8. The smallest absolute Gasteiger partial charge is 0.209 e. The number of halogens is 3. The maximum Gasteiger partial charge on any atom is 0.209 e. The Morgan fingerprint density at radius 3 is 2.62 bits per heavy atom. The lowest BCUT2D eigenvalue weighted by molar-refractivity contribution is 0.306. The van der Waals surface area contributed by atoms with Crippen LogP contribution in [0.15, 0.2) is 47.6 Å². The third-order valence-corrected chi connectivity index (χ3v) is 5.66. The van der Waals surface area contributed by atoms with E-state index >= 15 is 0 Å². The van der Waals surface area contributed by atoms with Gasteiger partial charge in [0.1, 0.15) is 12.4 Å². The van der Waals surface area contributed by atoms with E-state index in [0.29, 0.717) is 16.7 Å². The van der Waals surface area contributed by atoms with Gasteiger partial charge in [-0.25, -0.2) is 4.68 Å². The summed E-state index contributed by atoms with van der Waals surface area (Å²) in [5, 5.41) is 16.9. The van der Waals surface area contributed by atoms with Crippen molar-refractivity contribution in [2.45, 2.75) is 24.7 Å². The predicted octanol–water partition coefficient (Wildman–Crippen LogP) is 4.79. The molecule has 0 atom stereocenters. The Labute approximate surface area is 190 Å². The van der Waals surface area contributed by atoms with Crippen LogP contribution in [0.5, 0.6) is 5.75 Å². The van der Waals surface area contributed by atoms with Gasteiger partial charge in [0.05, 0.1) is 0 Å². The van der Waals surface area contributed by atoms with E-state index in [1.807, 2.05) is 31.3 Å². The highest BCUT2D eigenvalue weighted by atomic mass is 35.5. The summed E-state index contributed by atoms with van der Waals surface area (Å²) in [6, 6.07) is 13.5. The van der Waals surface area contributed by atoms with Crippen LogP contribution < -0.4 is 10.1 Å². The van der Waals surface area contributed by atoms with E-state index < -0.39 is 0 Å². The Morgan fingerprint density at radius 1 is 1.14 bits per heavy atom. The molecule has 1 aromatic heterocycles. The second-order valence-corrected chi connectivity index (χ2v) is 8.04. The van der Waals surface area contributed by atoms with Crippen molar-refractivity contribution in [3.63, 3.8) is 0 Å². The topological polar surface area (TPSA) is 64.9 Å². The first-order valence-corrected chi connectivity index (χ1v) is 10.6. The van der Waals surface area contributed by atoms with E-state index in [9.17, 15) is 0 Å². The molecule has 3 rings (SSSR count). The summed E-state index contributed by atoms with van der Waals surface area (Å²) >= 11 is 13.7. The Bertz CT molecular complexity index is 892. The monoisotopic (exact) mass is 473 g/mol. The van der Waals surface area contributed by atoms with Crippen molar-refractivity contribution in [2.24, 2.45) is 7.05 Å². The SMILES string of the molecule is Cl.Cn1nnnc1SCCCNCc1ccc(OCc2ccc(Cl)cc2Cl)cc1. The summed E-state index contributed by atoms with van der Waals surface area (Å²) in [6.07, 6.45) is 1.04. The molecule has 6 nitrogen and oxygen atoms in total. The van der Waals surface area contributed by atoms with Crippen molar-refractivity contribution in [2.75, 3.05) is 12.3 Å². The Morgan fingerprint density at radius 2 is 1.93 bits per heavy atom. The van der Waals surface area contributed by atoms with Gasteiger partial charge in [0.25, 0.3) is 0 Å². The molecule has 0 saturated heterocycles. The molecule has 29 heavy (non-hydrogen) atoms. The van der Waals surface area contributed by atoms with Crippen molar-refractivity contribution in [3.05, 3.63) is 63.6 Å². The fraction of sp³-hybridized carbons (Fsp3) is 0.316. The normalized spacial score (nSPS) is 10.6. The van der Waals surface area contributed by atoms with E-state index in [-0.39, 0.29) is 12.4 Å². The maximum atomic E-state index is 6.17. The number of hydrogen-bond donors (Lipinski definition) is 1. The second kappa shape index (κ2) is 12.2. The summed E-state index contributed by atoms with van der Waals surface area (Å²) < 4.78 is 7.48. The van der Waals surface area contributed by atoms with Crippen LogP contribution in [0.3, 0.4) is 0 Å². The zero-order valence-corrected chi connectivity index (χ0v) is 19.0. The molecule has 10 heteroatoms. The lowest BCUT2D eigenvalue weighted by Gasteiger charge is -2.09. The third-order valence-electron chi connectivity index (χ3n) is 3.97. The molecule has 0 amide bonds. The Balaban J connectivity index is 0.00000300. The van der Waals surface area contributed by atoms with E-state index in [1.165, 1.54) is 5.56 Å². The van der Waals surface area contributed by atoms with Crippen molar-refractivity contribution in [1.29, 1.82) is 0 Å². The van der Waals surface area contributed by atoms with Gasteiger partial charge in [-0.3, -0.25) is 0 Å². The standard InChI is InChI=1S/C19H21Cl2N5OS.ClH/c1-26-19(23-24-25-26)28-10-2-9-22-12-14-3-7-17(8-4-14)27-13-15-5-6-16(20)11-18(15)21;/h3-8,11,22H,2,9-10,12-13H2,1H3;1H. The van der Waals surface area contributed by atoms with Crippen molar-refractivity contribution < 1.29 is 4.74 Å². The summed E-state index contributed by atoms with van der Waals surface area (Å²) in [4.78, 5) is 0. The number of ether oxygens (including phenoxy) is 1. The van der Waals surface area contributed by atoms with E-state index in [1.54, 1.807) is 22.5 Å². The molecule has 0 aliphatic rings. The minimum atomic E-state index is 0. The van der Waals surface area contributed by atoms with Crippen LogP contribution in [0.2, 0.25) is 10.0 Å². The summed E-state index contributed by atoms with van der Waals surface area (Å²) in [5.74, 6) is 1.78. The molecule has 0 aliphatic heterocycles. The van der Waals surface area contributed by atoms with Crippen LogP contribution in [0.25, 0.3) is 0 Å².